The summed E-state index contributed by atoms with van der Waals surface area (Å²) in [6, 6.07) is 10.6. The fourth-order valence-electron chi connectivity index (χ4n) is 2.50. The lowest BCUT2D eigenvalue weighted by Crippen LogP contribution is -2.27. The predicted molar refractivity (Wildman–Crippen MR) is 99.3 cm³/mol. The molecule has 0 aliphatic rings. The Labute approximate surface area is 158 Å². The SMILES string of the molecule is COc1ccc(CCNC(=O)CCS(=O)(=O)c2ccccc2F)cc1OC. The van der Waals surface area contributed by atoms with Crippen molar-refractivity contribution in [3.8, 4) is 11.5 Å². The zero-order chi connectivity index (χ0) is 19.9. The largest absolute Gasteiger partial charge is 0.493 e. The molecule has 146 valence electrons. The predicted octanol–water partition coefficient (Wildman–Crippen LogP) is 2.37. The van der Waals surface area contributed by atoms with Crippen molar-refractivity contribution in [3.05, 3.63) is 53.8 Å². The summed E-state index contributed by atoms with van der Waals surface area (Å²) in [4.78, 5) is 11.5. The number of amides is 1. The molecule has 0 bridgehead atoms. The van der Waals surface area contributed by atoms with Gasteiger partial charge in [0.1, 0.15) is 10.7 Å². The average molecular weight is 395 g/mol. The normalized spacial score (nSPS) is 11.1. The van der Waals surface area contributed by atoms with Crippen LogP contribution in [0.3, 0.4) is 0 Å². The van der Waals surface area contributed by atoms with Gasteiger partial charge < -0.3 is 14.8 Å². The molecular weight excluding hydrogens is 373 g/mol. The smallest absolute Gasteiger partial charge is 0.221 e. The van der Waals surface area contributed by atoms with Crippen LogP contribution in [0.25, 0.3) is 0 Å². The molecule has 0 unspecified atom stereocenters. The summed E-state index contributed by atoms with van der Waals surface area (Å²) in [6.45, 7) is 0.341. The molecule has 0 aliphatic carbocycles. The second kappa shape index (κ2) is 9.36. The first-order valence-electron chi connectivity index (χ1n) is 8.32. The Morgan fingerprint density at radius 3 is 2.44 bits per heavy atom. The van der Waals surface area contributed by atoms with E-state index in [1.807, 2.05) is 12.1 Å². The van der Waals surface area contributed by atoms with E-state index in [1.54, 1.807) is 20.3 Å². The van der Waals surface area contributed by atoms with Gasteiger partial charge in [0.15, 0.2) is 21.3 Å². The second-order valence-electron chi connectivity index (χ2n) is 5.79. The lowest BCUT2D eigenvalue weighted by molar-refractivity contribution is -0.120. The van der Waals surface area contributed by atoms with Crippen molar-refractivity contribution in [2.24, 2.45) is 0 Å². The van der Waals surface area contributed by atoms with Gasteiger partial charge in [-0.1, -0.05) is 18.2 Å². The van der Waals surface area contributed by atoms with Crippen molar-refractivity contribution in [1.29, 1.82) is 0 Å². The number of methoxy groups -OCH3 is 2. The Balaban J connectivity index is 1.84. The molecule has 0 spiro atoms. The Morgan fingerprint density at radius 2 is 1.78 bits per heavy atom. The van der Waals surface area contributed by atoms with Crippen molar-refractivity contribution in [2.75, 3.05) is 26.5 Å². The third-order valence-electron chi connectivity index (χ3n) is 3.95. The molecular formula is C19H22FNO5S. The molecule has 1 amide bonds. The average Bonchev–Trinajstić information content (AvgIpc) is 2.66. The molecule has 2 aromatic carbocycles. The number of carbonyl (C=O) groups excluding carboxylic acids is 1. The molecule has 0 aromatic heterocycles. The van der Waals surface area contributed by atoms with Crippen LogP contribution < -0.4 is 14.8 Å². The van der Waals surface area contributed by atoms with E-state index in [-0.39, 0.29) is 11.3 Å². The van der Waals surface area contributed by atoms with E-state index >= 15 is 0 Å². The fourth-order valence-corrected chi connectivity index (χ4v) is 3.83. The zero-order valence-corrected chi connectivity index (χ0v) is 16.0. The number of sulfone groups is 1. The molecule has 0 saturated carbocycles. The molecule has 8 heteroatoms. The second-order valence-corrected chi connectivity index (χ2v) is 7.87. The van der Waals surface area contributed by atoms with Gasteiger partial charge in [0.25, 0.3) is 0 Å². The highest BCUT2D eigenvalue weighted by Crippen LogP contribution is 2.27. The monoisotopic (exact) mass is 395 g/mol. The number of halogens is 1. The van der Waals surface area contributed by atoms with E-state index in [1.165, 1.54) is 18.2 Å². The Hall–Kier alpha value is -2.61. The number of hydrogen-bond donors (Lipinski definition) is 1. The quantitative estimate of drug-likeness (QED) is 0.705. The number of benzene rings is 2. The third kappa shape index (κ3) is 5.68. The molecule has 0 radical (unpaired) electrons. The summed E-state index contributed by atoms with van der Waals surface area (Å²) in [5, 5.41) is 2.67. The summed E-state index contributed by atoms with van der Waals surface area (Å²) in [5.41, 5.74) is 0.937. The van der Waals surface area contributed by atoms with E-state index in [0.29, 0.717) is 24.5 Å². The maximum Gasteiger partial charge on any atom is 0.221 e. The van der Waals surface area contributed by atoms with E-state index in [9.17, 15) is 17.6 Å². The van der Waals surface area contributed by atoms with Gasteiger partial charge in [-0.25, -0.2) is 12.8 Å². The molecule has 2 rings (SSSR count). The molecule has 1 N–H and O–H groups in total. The van der Waals surface area contributed by atoms with Crippen LogP contribution in [0, 0.1) is 5.82 Å². The van der Waals surface area contributed by atoms with Crippen LogP contribution in [-0.4, -0.2) is 40.8 Å². The first kappa shape index (κ1) is 20.7. The van der Waals surface area contributed by atoms with Gasteiger partial charge >= 0.3 is 0 Å². The molecule has 2 aromatic rings. The summed E-state index contributed by atoms with van der Waals surface area (Å²) in [6.07, 6.45) is 0.314. The summed E-state index contributed by atoms with van der Waals surface area (Å²) < 4.78 is 48.3. The molecule has 0 aliphatic heterocycles. The van der Waals surface area contributed by atoms with Crippen LogP contribution in [0.4, 0.5) is 4.39 Å². The lowest BCUT2D eigenvalue weighted by Gasteiger charge is -2.10. The Morgan fingerprint density at radius 1 is 1.07 bits per heavy atom. The van der Waals surface area contributed by atoms with Gasteiger partial charge in [-0.3, -0.25) is 4.79 Å². The Kier molecular flexibility index (Phi) is 7.18. The van der Waals surface area contributed by atoms with E-state index in [0.717, 1.165) is 11.6 Å². The molecule has 0 saturated heterocycles. The van der Waals surface area contributed by atoms with E-state index in [4.69, 9.17) is 9.47 Å². The summed E-state index contributed by atoms with van der Waals surface area (Å²) in [5.74, 6) is -0.460. The fraction of sp³-hybridized carbons (Fsp3) is 0.316. The first-order chi connectivity index (χ1) is 12.9. The van der Waals surface area contributed by atoms with Crippen molar-refractivity contribution in [3.63, 3.8) is 0 Å². The van der Waals surface area contributed by atoms with Gasteiger partial charge in [-0.05, 0) is 36.2 Å². The van der Waals surface area contributed by atoms with Crippen LogP contribution in [0.5, 0.6) is 11.5 Å². The van der Waals surface area contributed by atoms with Gasteiger partial charge in [0.2, 0.25) is 5.91 Å². The van der Waals surface area contributed by atoms with Crippen molar-refractivity contribution in [1.82, 2.24) is 5.32 Å². The zero-order valence-electron chi connectivity index (χ0n) is 15.2. The minimum atomic E-state index is -3.85. The summed E-state index contributed by atoms with van der Waals surface area (Å²) in [7, 11) is -0.756. The van der Waals surface area contributed by atoms with Gasteiger partial charge in [0.05, 0.1) is 20.0 Å². The van der Waals surface area contributed by atoms with Crippen molar-refractivity contribution >= 4 is 15.7 Å². The van der Waals surface area contributed by atoms with Gasteiger partial charge in [0, 0.05) is 13.0 Å². The topological polar surface area (TPSA) is 81.7 Å². The van der Waals surface area contributed by atoms with Crippen LogP contribution in [-0.2, 0) is 21.1 Å². The highest BCUT2D eigenvalue weighted by molar-refractivity contribution is 7.91. The maximum atomic E-state index is 13.6. The minimum Gasteiger partial charge on any atom is -0.493 e. The summed E-state index contributed by atoms with van der Waals surface area (Å²) >= 11 is 0. The highest BCUT2D eigenvalue weighted by atomic mass is 32.2. The number of carbonyl (C=O) groups is 1. The number of rotatable bonds is 9. The van der Waals surface area contributed by atoms with Crippen molar-refractivity contribution in [2.45, 2.75) is 17.7 Å². The molecule has 6 nitrogen and oxygen atoms in total. The number of ether oxygens (including phenoxy) is 2. The third-order valence-corrected chi connectivity index (χ3v) is 5.70. The van der Waals surface area contributed by atoms with Crippen LogP contribution >= 0.6 is 0 Å². The molecule has 27 heavy (non-hydrogen) atoms. The maximum absolute atomic E-state index is 13.6. The molecule has 0 fully saturated rings. The van der Waals surface area contributed by atoms with Crippen LogP contribution in [0.1, 0.15) is 12.0 Å². The van der Waals surface area contributed by atoms with E-state index < -0.39 is 27.3 Å². The lowest BCUT2D eigenvalue weighted by atomic mass is 10.1. The van der Waals surface area contributed by atoms with Crippen LogP contribution in [0.15, 0.2) is 47.4 Å². The van der Waals surface area contributed by atoms with Crippen molar-refractivity contribution < 1.29 is 27.1 Å². The van der Waals surface area contributed by atoms with Gasteiger partial charge in [-0.2, -0.15) is 0 Å². The molecule has 0 atom stereocenters. The standard InChI is InChI=1S/C19H22FNO5S/c1-25-16-8-7-14(13-17(16)26-2)9-11-21-19(22)10-12-27(23,24)18-6-4-3-5-15(18)20/h3-8,13H,9-12H2,1-2H3,(H,21,22). The number of hydrogen-bond acceptors (Lipinski definition) is 5. The Bertz CT molecular complexity index is 899. The highest BCUT2D eigenvalue weighted by Gasteiger charge is 2.19. The minimum absolute atomic E-state index is 0.234. The van der Waals surface area contributed by atoms with Crippen LogP contribution in [0.2, 0.25) is 0 Å². The van der Waals surface area contributed by atoms with Gasteiger partial charge in [-0.15, -0.1) is 0 Å². The number of nitrogens with one attached hydrogen (secondary N) is 1. The van der Waals surface area contributed by atoms with E-state index in [2.05, 4.69) is 5.32 Å². The first-order valence-corrected chi connectivity index (χ1v) is 9.97. The molecule has 0 heterocycles.